The third-order valence-corrected chi connectivity index (χ3v) is 2.50. The first-order valence-corrected chi connectivity index (χ1v) is 4.76. The van der Waals surface area contributed by atoms with Gasteiger partial charge in [0.25, 0.3) is 0 Å². The van der Waals surface area contributed by atoms with Crippen LogP contribution in [-0.4, -0.2) is 4.98 Å². The van der Waals surface area contributed by atoms with E-state index in [9.17, 15) is 0 Å². The summed E-state index contributed by atoms with van der Waals surface area (Å²) in [5.41, 5.74) is 1.95. The van der Waals surface area contributed by atoms with Crippen molar-refractivity contribution in [3.8, 4) is 6.07 Å². The van der Waals surface area contributed by atoms with Gasteiger partial charge < -0.3 is 4.98 Å². The van der Waals surface area contributed by atoms with Crippen molar-refractivity contribution in [2.24, 2.45) is 0 Å². The van der Waals surface area contributed by atoms with Gasteiger partial charge in [0, 0.05) is 21.6 Å². The number of nitrogens with one attached hydrogen (secondary N) is 1. The van der Waals surface area contributed by atoms with Gasteiger partial charge in [-0.2, -0.15) is 5.26 Å². The Bertz CT molecular complexity index is 507. The summed E-state index contributed by atoms with van der Waals surface area (Å²) >= 11 is 5.86. The second-order valence-electron chi connectivity index (χ2n) is 3.31. The molecule has 1 unspecified atom stereocenters. The number of fused-ring (bicyclic) bond motifs is 1. The van der Waals surface area contributed by atoms with Crippen LogP contribution >= 0.6 is 11.6 Å². The monoisotopic (exact) mass is 204 g/mol. The SMILES string of the molecule is CC(C#N)c1cc2cc(Cl)ccc2[nH]1. The number of aromatic nitrogens is 1. The second-order valence-corrected chi connectivity index (χ2v) is 3.74. The van der Waals surface area contributed by atoms with E-state index in [-0.39, 0.29) is 5.92 Å². The molecule has 0 radical (unpaired) electrons. The highest BCUT2D eigenvalue weighted by atomic mass is 35.5. The highest BCUT2D eigenvalue weighted by Gasteiger charge is 2.07. The first kappa shape index (κ1) is 9.11. The predicted octanol–water partition coefficient (Wildman–Crippen LogP) is 3.45. The Morgan fingerprint density at radius 3 is 2.93 bits per heavy atom. The number of aromatic amines is 1. The van der Waals surface area contributed by atoms with Crippen molar-refractivity contribution in [2.45, 2.75) is 12.8 Å². The van der Waals surface area contributed by atoms with Gasteiger partial charge in [0.15, 0.2) is 0 Å². The number of hydrogen-bond acceptors (Lipinski definition) is 1. The number of hydrogen-bond donors (Lipinski definition) is 1. The fraction of sp³-hybridized carbons (Fsp3) is 0.182. The maximum absolute atomic E-state index is 8.77. The summed E-state index contributed by atoms with van der Waals surface area (Å²) < 4.78 is 0. The molecule has 3 heteroatoms. The Morgan fingerprint density at radius 1 is 1.43 bits per heavy atom. The molecule has 2 aromatic rings. The van der Waals surface area contributed by atoms with E-state index < -0.39 is 0 Å². The molecule has 0 saturated carbocycles. The largest absolute Gasteiger partial charge is 0.357 e. The standard InChI is InChI=1S/C11H9ClN2/c1-7(6-13)11-5-8-4-9(12)2-3-10(8)14-11/h2-5,7,14H,1H3. The normalized spacial score (nSPS) is 12.6. The van der Waals surface area contributed by atoms with Gasteiger partial charge in [0.1, 0.15) is 0 Å². The highest BCUT2D eigenvalue weighted by Crippen LogP contribution is 2.23. The molecule has 0 aliphatic carbocycles. The lowest BCUT2D eigenvalue weighted by Crippen LogP contribution is -1.87. The van der Waals surface area contributed by atoms with Crippen LogP contribution in [0.5, 0.6) is 0 Å². The number of H-pyrrole nitrogens is 1. The van der Waals surface area contributed by atoms with E-state index in [4.69, 9.17) is 16.9 Å². The summed E-state index contributed by atoms with van der Waals surface area (Å²) in [5, 5.41) is 10.5. The zero-order valence-electron chi connectivity index (χ0n) is 7.71. The Balaban J connectivity index is 2.58. The Hall–Kier alpha value is -1.46. The minimum atomic E-state index is -0.110. The quantitative estimate of drug-likeness (QED) is 0.760. The van der Waals surface area contributed by atoms with Crippen molar-refractivity contribution >= 4 is 22.5 Å². The van der Waals surface area contributed by atoms with Crippen LogP contribution in [0.1, 0.15) is 18.5 Å². The Labute approximate surface area is 87.1 Å². The third kappa shape index (κ3) is 1.47. The average Bonchev–Trinajstić information content (AvgIpc) is 2.59. The van der Waals surface area contributed by atoms with Gasteiger partial charge in [-0.05, 0) is 31.2 Å². The fourth-order valence-corrected chi connectivity index (χ4v) is 1.61. The zero-order chi connectivity index (χ0) is 10.1. The summed E-state index contributed by atoms with van der Waals surface area (Å²) in [6.07, 6.45) is 0. The summed E-state index contributed by atoms with van der Waals surface area (Å²) in [7, 11) is 0. The van der Waals surface area contributed by atoms with Crippen LogP contribution in [0.25, 0.3) is 10.9 Å². The third-order valence-electron chi connectivity index (χ3n) is 2.26. The van der Waals surface area contributed by atoms with Crippen LogP contribution in [0.3, 0.4) is 0 Å². The highest BCUT2D eigenvalue weighted by molar-refractivity contribution is 6.31. The minimum absolute atomic E-state index is 0.110. The van der Waals surface area contributed by atoms with E-state index in [1.807, 2.05) is 31.2 Å². The number of nitriles is 1. The molecule has 0 spiro atoms. The van der Waals surface area contributed by atoms with E-state index in [2.05, 4.69) is 11.1 Å². The molecular formula is C11H9ClN2. The minimum Gasteiger partial charge on any atom is -0.357 e. The lowest BCUT2D eigenvalue weighted by atomic mass is 10.1. The van der Waals surface area contributed by atoms with Crippen molar-refractivity contribution in [1.82, 2.24) is 4.98 Å². The maximum atomic E-state index is 8.77. The second kappa shape index (κ2) is 3.36. The summed E-state index contributed by atoms with van der Waals surface area (Å²) in [6.45, 7) is 1.87. The van der Waals surface area contributed by atoms with Crippen molar-refractivity contribution < 1.29 is 0 Å². The smallest absolute Gasteiger partial charge is 0.0834 e. The van der Waals surface area contributed by atoms with Gasteiger partial charge in [-0.3, -0.25) is 0 Å². The predicted molar refractivity (Wildman–Crippen MR) is 57.3 cm³/mol. The molecule has 1 aromatic carbocycles. The van der Waals surface area contributed by atoms with E-state index in [1.165, 1.54) is 0 Å². The maximum Gasteiger partial charge on any atom is 0.0834 e. The molecule has 0 fully saturated rings. The lowest BCUT2D eigenvalue weighted by molar-refractivity contribution is 0.941. The van der Waals surface area contributed by atoms with Crippen molar-refractivity contribution in [3.63, 3.8) is 0 Å². The first-order valence-electron chi connectivity index (χ1n) is 4.38. The molecule has 1 heterocycles. The van der Waals surface area contributed by atoms with Gasteiger partial charge in [0.05, 0.1) is 12.0 Å². The van der Waals surface area contributed by atoms with Crippen LogP contribution in [0.2, 0.25) is 5.02 Å². The molecule has 2 nitrogen and oxygen atoms in total. The molecular weight excluding hydrogens is 196 g/mol. The van der Waals surface area contributed by atoms with E-state index >= 15 is 0 Å². The van der Waals surface area contributed by atoms with Gasteiger partial charge in [-0.1, -0.05) is 11.6 Å². The van der Waals surface area contributed by atoms with Crippen LogP contribution < -0.4 is 0 Å². The average molecular weight is 205 g/mol. The van der Waals surface area contributed by atoms with Gasteiger partial charge in [-0.25, -0.2) is 0 Å². The Kier molecular flexibility index (Phi) is 2.18. The van der Waals surface area contributed by atoms with Gasteiger partial charge >= 0.3 is 0 Å². The molecule has 0 bridgehead atoms. The summed E-state index contributed by atoms with van der Waals surface area (Å²) in [5.74, 6) is -0.110. The van der Waals surface area contributed by atoms with Crippen LogP contribution in [0.15, 0.2) is 24.3 Å². The molecule has 0 amide bonds. The number of nitrogens with zero attached hydrogens (tertiary/aromatic N) is 1. The number of benzene rings is 1. The molecule has 0 aliphatic rings. The molecule has 1 atom stereocenters. The topological polar surface area (TPSA) is 39.6 Å². The lowest BCUT2D eigenvalue weighted by Gasteiger charge is -1.94. The van der Waals surface area contributed by atoms with Gasteiger partial charge in [0.2, 0.25) is 0 Å². The summed E-state index contributed by atoms with van der Waals surface area (Å²) in [6, 6.07) is 9.81. The summed E-state index contributed by atoms with van der Waals surface area (Å²) in [4.78, 5) is 3.19. The molecule has 1 N–H and O–H groups in total. The molecule has 2 rings (SSSR count). The van der Waals surface area contributed by atoms with Crippen LogP contribution in [0.4, 0.5) is 0 Å². The molecule has 14 heavy (non-hydrogen) atoms. The Morgan fingerprint density at radius 2 is 2.21 bits per heavy atom. The zero-order valence-corrected chi connectivity index (χ0v) is 8.47. The van der Waals surface area contributed by atoms with E-state index in [0.717, 1.165) is 16.6 Å². The molecule has 0 aliphatic heterocycles. The number of rotatable bonds is 1. The van der Waals surface area contributed by atoms with E-state index in [0.29, 0.717) is 5.02 Å². The van der Waals surface area contributed by atoms with Crippen LogP contribution in [-0.2, 0) is 0 Å². The van der Waals surface area contributed by atoms with Crippen molar-refractivity contribution in [1.29, 1.82) is 5.26 Å². The van der Waals surface area contributed by atoms with E-state index in [1.54, 1.807) is 0 Å². The van der Waals surface area contributed by atoms with Crippen molar-refractivity contribution in [3.05, 3.63) is 35.0 Å². The van der Waals surface area contributed by atoms with Crippen LogP contribution in [0, 0.1) is 11.3 Å². The first-order chi connectivity index (χ1) is 6.70. The number of halogens is 1. The fourth-order valence-electron chi connectivity index (χ4n) is 1.43. The van der Waals surface area contributed by atoms with Crippen molar-refractivity contribution in [2.75, 3.05) is 0 Å². The molecule has 1 aromatic heterocycles. The molecule has 70 valence electrons. The van der Waals surface area contributed by atoms with Gasteiger partial charge in [-0.15, -0.1) is 0 Å². The molecule has 0 saturated heterocycles.